The van der Waals surface area contributed by atoms with Crippen molar-refractivity contribution >= 4 is 11.7 Å². The molecular formula is C10H17F3N4O2. The summed E-state index contributed by atoms with van der Waals surface area (Å²) < 4.78 is 36.5. The van der Waals surface area contributed by atoms with Gasteiger partial charge in [0.05, 0.1) is 0 Å². The maximum absolute atomic E-state index is 12.2. The van der Waals surface area contributed by atoms with Crippen LogP contribution in [0, 0.1) is 0 Å². The van der Waals surface area contributed by atoms with Crippen LogP contribution >= 0.6 is 0 Å². The number of rotatable bonds is 3. The van der Waals surface area contributed by atoms with Crippen LogP contribution < -0.4 is 11.1 Å². The van der Waals surface area contributed by atoms with Crippen molar-refractivity contribution in [1.29, 1.82) is 0 Å². The third-order valence-electron chi connectivity index (χ3n) is 3.18. The summed E-state index contributed by atoms with van der Waals surface area (Å²) >= 11 is 0. The van der Waals surface area contributed by atoms with Crippen LogP contribution in [0.5, 0.6) is 0 Å². The predicted octanol–water partition coefficient (Wildman–Crippen LogP) is 0.266. The van der Waals surface area contributed by atoms with Gasteiger partial charge in [0.2, 0.25) is 5.91 Å². The Kier molecular flexibility index (Phi) is 4.61. The number of hydrogen-bond donors (Lipinski definition) is 3. The largest absolute Gasteiger partial charge is 0.409 e. The number of amidine groups is 1. The minimum atomic E-state index is -4.58. The summed E-state index contributed by atoms with van der Waals surface area (Å²) in [6, 6.07) is 0. The van der Waals surface area contributed by atoms with E-state index in [0.29, 0.717) is 25.9 Å². The molecule has 0 aromatic carbocycles. The maximum Gasteiger partial charge on any atom is 0.397 e. The van der Waals surface area contributed by atoms with E-state index in [2.05, 4.69) is 10.5 Å². The highest BCUT2D eigenvalue weighted by molar-refractivity contribution is 5.94. The van der Waals surface area contributed by atoms with Gasteiger partial charge in [-0.2, -0.15) is 13.2 Å². The number of alkyl halides is 3. The van der Waals surface area contributed by atoms with Crippen molar-refractivity contribution in [3.8, 4) is 0 Å². The Morgan fingerprint density at radius 3 is 2.42 bits per heavy atom. The van der Waals surface area contributed by atoms with Crippen molar-refractivity contribution in [2.75, 3.05) is 20.1 Å². The molecule has 1 saturated heterocycles. The van der Waals surface area contributed by atoms with E-state index in [9.17, 15) is 18.0 Å². The molecule has 4 N–H and O–H groups in total. The SMILES string of the molecule is CN1CCC(NC(=O)CC(F)(F)F)(/C(N)=N/O)CC1. The minimum absolute atomic E-state index is 0.267. The zero-order chi connectivity index (χ0) is 14.7. The fourth-order valence-corrected chi connectivity index (χ4v) is 2.03. The maximum atomic E-state index is 12.2. The molecule has 0 aromatic heterocycles. The quantitative estimate of drug-likeness (QED) is 0.300. The number of carbonyl (C=O) groups is 1. The number of oxime groups is 1. The van der Waals surface area contributed by atoms with E-state index in [1.165, 1.54) is 0 Å². The van der Waals surface area contributed by atoms with E-state index < -0.39 is 24.0 Å². The molecule has 0 atom stereocenters. The Labute approximate surface area is 108 Å². The van der Waals surface area contributed by atoms with Gasteiger partial charge >= 0.3 is 6.18 Å². The molecule has 0 radical (unpaired) electrons. The molecule has 1 amide bonds. The van der Waals surface area contributed by atoms with Gasteiger partial charge in [-0.05, 0) is 19.9 Å². The molecule has 0 bridgehead atoms. The fraction of sp³-hybridized carbons (Fsp3) is 0.800. The lowest BCUT2D eigenvalue weighted by Crippen LogP contribution is -2.62. The highest BCUT2D eigenvalue weighted by atomic mass is 19.4. The van der Waals surface area contributed by atoms with Crippen LogP contribution in [0.1, 0.15) is 19.3 Å². The molecule has 0 spiro atoms. The summed E-state index contributed by atoms with van der Waals surface area (Å²) in [4.78, 5) is 13.3. The fourth-order valence-electron chi connectivity index (χ4n) is 2.03. The molecular weight excluding hydrogens is 265 g/mol. The van der Waals surface area contributed by atoms with Gasteiger partial charge in [-0.1, -0.05) is 5.16 Å². The van der Waals surface area contributed by atoms with Crippen LogP contribution in [0.4, 0.5) is 13.2 Å². The van der Waals surface area contributed by atoms with E-state index in [4.69, 9.17) is 10.9 Å². The van der Waals surface area contributed by atoms with Gasteiger partial charge in [-0.25, -0.2) is 0 Å². The normalized spacial score (nSPS) is 21.2. The Morgan fingerprint density at radius 1 is 1.47 bits per heavy atom. The van der Waals surface area contributed by atoms with E-state index in [1.54, 1.807) is 0 Å². The van der Waals surface area contributed by atoms with E-state index in [0.717, 1.165) is 0 Å². The Hall–Kier alpha value is -1.51. The molecule has 1 rings (SSSR count). The second-order valence-electron chi connectivity index (χ2n) is 4.71. The highest BCUT2D eigenvalue weighted by Gasteiger charge is 2.41. The average molecular weight is 282 g/mol. The summed E-state index contributed by atoms with van der Waals surface area (Å²) in [6.07, 6.45) is -5.57. The number of hydrogen-bond acceptors (Lipinski definition) is 4. The van der Waals surface area contributed by atoms with Gasteiger partial charge in [0, 0.05) is 13.1 Å². The van der Waals surface area contributed by atoms with Gasteiger partial charge in [-0.15, -0.1) is 0 Å². The minimum Gasteiger partial charge on any atom is -0.409 e. The molecule has 110 valence electrons. The van der Waals surface area contributed by atoms with Crippen molar-refractivity contribution in [3.05, 3.63) is 0 Å². The monoisotopic (exact) mass is 282 g/mol. The van der Waals surface area contributed by atoms with Crippen molar-refractivity contribution in [2.24, 2.45) is 10.9 Å². The molecule has 6 nitrogen and oxygen atoms in total. The van der Waals surface area contributed by atoms with Crippen molar-refractivity contribution in [3.63, 3.8) is 0 Å². The van der Waals surface area contributed by atoms with E-state index >= 15 is 0 Å². The van der Waals surface area contributed by atoms with Gasteiger partial charge in [0.25, 0.3) is 0 Å². The van der Waals surface area contributed by atoms with Crippen LogP contribution in [0.3, 0.4) is 0 Å². The molecule has 0 aromatic rings. The van der Waals surface area contributed by atoms with E-state index in [-0.39, 0.29) is 5.84 Å². The smallest absolute Gasteiger partial charge is 0.397 e. The lowest BCUT2D eigenvalue weighted by Gasteiger charge is -2.40. The predicted molar refractivity (Wildman–Crippen MR) is 61.7 cm³/mol. The average Bonchev–Trinajstić information content (AvgIpc) is 2.29. The standard InChI is InChI=1S/C10H17F3N4O2/c1-17-4-2-9(3-5-17,8(14)16-19)15-7(18)6-10(11,12)13/h19H,2-6H2,1H3,(H2,14,16)(H,15,18). The van der Waals surface area contributed by atoms with Crippen molar-refractivity contribution < 1.29 is 23.2 Å². The Bertz CT molecular complexity index is 362. The molecule has 19 heavy (non-hydrogen) atoms. The number of carbonyl (C=O) groups excluding carboxylic acids is 1. The van der Waals surface area contributed by atoms with Crippen LogP contribution in [-0.4, -0.2) is 53.7 Å². The number of halogens is 3. The summed E-state index contributed by atoms with van der Waals surface area (Å²) in [7, 11) is 1.84. The lowest BCUT2D eigenvalue weighted by atomic mass is 9.86. The molecule has 1 aliphatic heterocycles. The van der Waals surface area contributed by atoms with Gasteiger partial charge in [-0.3, -0.25) is 4.79 Å². The summed E-state index contributed by atoms with van der Waals surface area (Å²) in [5.74, 6) is -1.44. The number of nitrogens with zero attached hydrogens (tertiary/aromatic N) is 2. The molecule has 0 aliphatic carbocycles. The number of likely N-dealkylation sites (tertiary alicyclic amines) is 1. The molecule has 0 saturated carbocycles. The lowest BCUT2D eigenvalue weighted by molar-refractivity contribution is -0.154. The van der Waals surface area contributed by atoms with Crippen LogP contribution in [-0.2, 0) is 4.79 Å². The number of amides is 1. The van der Waals surface area contributed by atoms with Crippen LogP contribution in [0.15, 0.2) is 5.16 Å². The summed E-state index contributed by atoms with van der Waals surface area (Å²) in [6.45, 7) is 1.06. The number of nitrogens with two attached hydrogens (primary N) is 1. The Morgan fingerprint density at radius 2 is 2.00 bits per heavy atom. The van der Waals surface area contributed by atoms with Gasteiger partial charge < -0.3 is 21.2 Å². The molecule has 1 aliphatic rings. The second-order valence-corrected chi connectivity index (χ2v) is 4.71. The van der Waals surface area contributed by atoms with Gasteiger partial charge in [0.15, 0.2) is 5.84 Å². The van der Waals surface area contributed by atoms with Crippen LogP contribution in [0.2, 0.25) is 0 Å². The zero-order valence-electron chi connectivity index (χ0n) is 10.5. The second kappa shape index (κ2) is 5.64. The zero-order valence-corrected chi connectivity index (χ0v) is 10.5. The molecule has 0 unspecified atom stereocenters. The topological polar surface area (TPSA) is 91.0 Å². The first kappa shape index (κ1) is 15.5. The Balaban J connectivity index is 2.79. The first-order chi connectivity index (χ1) is 8.68. The summed E-state index contributed by atoms with van der Waals surface area (Å²) in [5, 5.41) is 13.8. The van der Waals surface area contributed by atoms with Crippen molar-refractivity contribution in [2.45, 2.75) is 31.0 Å². The molecule has 1 fully saturated rings. The number of nitrogens with one attached hydrogen (secondary N) is 1. The molecule has 1 heterocycles. The third-order valence-corrected chi connectivity index (χ3v) is 3.18. The van der Waals surface area contributed by atoms with Crippen molar-refractivity contribution in [1.82, 2.24) is 10.2 Å². The molecule has 9 heteroatoms. The third kappa shape index (κ3) is 4.27. The highest BCUT2D eigenvalue weighted by Crippen LogP contribution is 2.24. The first-order valence-corrected chi connectivity index (χ1v) is 5.73. The summed E-state index contributed by atoms with van der Waals surface area (Å²) in [5.41, 5.74) is 4.32. The van der Waals surface area contributed by atoms with Crippen LogP contribution in [0.25, 0.3) is 0 Å². The number of piperidine rings is 1. The van der Waals surface area contributed by atoms with Gasteiger partial charge in [0.1, 0.15) is 12.0 Å². The van der Waals surface area contributed by atoms with E-state index in [1.807, 2.05) is 11.9 Å². The first-order valence-electron chi connectivity index (χ1n) is 5.73.